The maximum absolute atomic E-state index is 12.1. The number of hydrogen-bond acceptors (Lipinski definition) is 3. The highest BCUT2D eigenvalue weighted by Gasteiger charge is 2.22. The Morgan fingerprint density at radius 3 is 2.05 bits per heavy atom. The predicted octanol–water partition coefficient (Wildman–Crippen LogP) is 3.20. The van der Waals surface area contributed by atoms with Crippen LogP contribution >= 0.6 is 0 Å². The summed E-state index contributed by atoms with van der Waals surface area (Å²) in [5.74, 6) is -0.457. The summed E-state index contributed by atoms with van der Waals surface area (Å²) in [6.45, 7) is 7.75. The minimum Gasteiger partial charge on any atom is -0.298 e. The van der Waals surface area contributed by atoms with Gasteiger partial charge in [-0.1, -0.05) is 39.8 Å². The van der Waals surface area contributed by atoms with Crippen molar-refractivity contribution in [1.82, 2.24) is 0 Å². The van der Waals surface area contributed by atoms with Crippen LogP contribution in [0, 0.1) is 5.92 Å². The lowest BCUT2D eigenvalue weighted by Gasteiger charge is -2.10. The first kappa shape index (κ1) is 15.9. The molecule has 3 nitrogen and oxygen atoms in total. The zero-order valence-corrected chi connectivity index (χ0v) is 12.8. The molecule has 0 radical (unpaired) electrons. The van der Waals surface area contributed by atoms with E-state index in [4.69, 9.17) is 0 Å². The predicted molar refractivity (Wildman–Crippen MR) is 77.0 cm³/mol. The number of carbonyl (C=O) groups is 1. The Morgan fingerprint density at radius 1 is 1.11 bits per heavy atom. The molecule has 1 atom stereocenters. The van der Waals surface area contributed by atoms with Gasteiger partial charge in [-0.15, -0.1) is 0 Å². The number of carbonyl (C=O) groups excluding carboxylic acids is 1. The van der Waals surface area contributed by atoms with E-state index in [1.807, 2.05) is 19.1 Å². The maximum Gasteiger partial charge on any atom is 0.185 e. The topological polar surface area (TPSA) is 51.2 Å². The summed E-state index contributed by atoms with van der Waals surface area (Å²) in [6, 6.07) is 6.81. The molecule has 0 aliphatic rings. The van der Waals surface area contributed by atoms with Gasteiger partial charge in [0, 0.05) is 5.92 Å². The molecule has 0 amide bonds. The third-order valence-electron chi connectivity index (χ3n) is 3.40. The number of hydrogen-bond donors (Lipinski definition) is 0. The normalized spacial score (nSPS) is 13.5. The molecule has 1 aromatic carbocycles. The van der Waals surface area contributed by atoms with E-state index >= 15 is 0 Å². The molecule has 0 N–H and O–H groups in total. The molecule has 0 bridgehead atoms. The monoisotopic (exact) mass is 282 g/mol. The molecule has 4 heteroatoms. The second-order valence-electron chi connectivity index (χ2n) is 5.26. The van der Waals surface area contributed by atoms with Gasteiger partial charge in [-0.25, -0.2) is 8.42 Å². The van der Waals surface area contributed by atoms with Crippen LogP contribution in [0.5, 0.6) is 0 Å². The van der Waals surface area contributed by atoms with Crippen LogP contribution in [-0.4, -0.2) is 20.0 Å². The first-order valence-electron chi connectivity index (χ1n) is 6.63. The summed E-state index contributed by atoms with van der Waals surface area (Å²) in [7, 11) is -3.51. The summed E-state index contributed by atoms with van der Waals surface area (Å²) in [5.41, 5.74) is 1.09. The molecule has 0 aliphatic heterocycles. The zero-order valence-electron chi connectivity index (χ0n) is 12.0. The number of sulfone groups is 1. The highest BCUT2D eigenvalue weighted by Crippen LogP contribution is 2.19. The van der Waals surface area contributed by atoms with Crippen molar-refractivity contribution in [2.75, 3.05) is 5.75 Å². The van der Waals surface area contributed by atoms with Gasteiger partial charge < -0.3 is 0 Å². The van der Waals surface area contributed by atoms with Gasteiger partial charge in [-0.2, -0.15) is 0 Å². The van der Waals surface area contributed by atoms with Crippen molar-refractivity contribution >= 4 is 15.6 Å². The molecule has 1 unspecified atom stereocenters. The Labute approximate surface area is 116 Å². The quantitative estimate of drug-likeness (QED) is 0.805. The fourth-order valence-electron chi connectivity index (χ4n) is 1.70. The van der Waals surface area contributed by atoms with Gasteiger partial charge in [0.05, 0.1) is 4.90 Å². The van der Waals surface area contributed by atoms with Crippen LogP contribution in [0.2, 0.25) is 0 Å². The summed E-state index contributed by atoms with van der Waals surface area (Å²) < 4.78 is 24.2. The average Bonchev–Trinajstić information content (AvgIpc) is 2.37. The van der Waals surface area contributed by atoms with Crippen molar-refractivity contribution in [3.8, 4) is 0 Å². The highest BCUT2D eigenvalue weighted by atomic mass is 32.2. The van der Waals surface area contributed by atoms with E-state index in [2.05, 4.69) is 13.8 Å². The van der Waals surface area contributed by atoms with E-state index in [-0.39, 0.29) is 16.6 Å². The van der Waals surface area contributed by atoms with Crippen LogP contribution in [0.3, 0.4) is 0 Å². The van der Waals surface area contributed by atoms with Gasteiger partial charge in [0.2, 0.25) is 0 Å². The Kier molecular flexibility index (Phi) is 5.29. The molecule has 1 aromatic rings. The third kappa shape index (κ3) is 4.16. The van der Waals surface area contributed by atoms with Crippen molar-refractivity contribution in [1.29, 1.82) is 0 Å². The Balaban J connectivity index is 2.92. The molecule has 0 aliphatic carbocycles. The van der Waals surface area contributed by atoms with Crippen LogP contribution in [0.4, 0.5) is 0 Å². The van der Waals surface area contributed by atoms with E-state index in [0.29, 0.717) is 12.3 Å². The van der Waals surface area contributed by atoms with Crippen LogP contribution in [0.1, 0.15) is 45.6 Å². The Morgan fingerprint density at radius 2 is 1.63 bits per heavy atom. The molecule has 0 aromatic heterocycles. The smallest absolute Gasteiger partial charge is 0.185 e. The van der Waals surface area contributed by atoms with Crippen LogP contribution in [0.15, 0.2) is 29.2 Å². The standard InChI is InChI=1S/C15H22O3S/c1-5-12(4)15(16)10-19(17,18)14-8-6-13(7-9-14)11(2)3/h6-9,11-12H,5,10H2,1-4H3. The van der Waals surface area contributed by atoms with Gasteiger partial charge in [0.25, 0.3) is 0 Å². The average molecular weight is 282 g/mol. The van der Waals surface area contributed by atoms with E-state index in [1.165, 1.54) is 0 Å². The molecule has 106 valence electrons. The minimum absolute atomic E-state index is 0.204. The van der Waals surface area contributed by atoms with Gasteiger partial charge in [0.1, 0.15) is 5.75 Å². The zero-order chi connectivity index (χ0) is 14.6. The molecule has 0 fully saturated rings. The Bertz CT molecular complexity index is 527. The van der Waals surface area contributed by atoms with E-state index < -0.39 is 15.6 Å². The number of benzene rings is 1. The lowest BCUT2D eigenvalue weighted by molar-refractivity contribution is -0.119. The molecular weight excluding hydrogens is 260 g/mol. The summed E-state index contributed by atoms with van der Waals surface area (Å²) in [5, 5.41) is 0. The first-order valence-corrected chi connectivity index (χ1v) is 8.28. The van der Waals surface area contributed by atoms with Crippen molar-refractivity contribution in [2.24, 2.45) is 5.92 Å². The van der Waals surface area contributed by atoms with Crippen molar-refractivity contribution in [2.45, 2.75) is 44.9 Å². The SMILES string of the molecule is CCC(C)C(=O)CS(=O)(=O)c1ccc(C(C)C)cc1. The van der Waals surface area contributed by atoms with Crippen LogP contribution in [-0.2, 0) is 14.6 Å². The maximum atomic E-state index is 12.1. The largest absolute Gasteiger partial charge is 0.298 e. The second-order valence-corrected chi connectivity index (χ2v) is 7.25. The molecule has 0 heterocycles. The minimum atomic E-state index is -3.51. The summed E-state index contributed by atoms with van der Waals surface area (Å²) in [6.07, 6.45) is 0.667. The lowest BCUT2D eigenvalue weighted by atomic mass is 10.0. The number of Topliss-reactive ketones (excluding diaryl/α,β-unsaturated/α-hetero) is 1. The molecule has 1 rings (SSSR count). The Hall–Kier alpha value is -1.16. The van der Waals surface area contributed by atoms with Crippen LogP contribution < -0.4 is 0 Å². The molecular formula is C15H22O3S. The van der Waals surface area contributed by atoms with Crippen LogP contribution in [0.25, 0.3) is 0 Å². The summed E-state index contributed by atoms with van der Waals surface area (Å²) in [4.78, 5) is 12.0. The van der Waals surface area contributed by atoms with E-state index in [9.17, 15) is 13.2 Å². The summed E-state index contributed by atoms with van der Waals surface area (Å²) >= 11 is 0. The van der Waals surface area contributed by atoms with Gasteiger partial charge >= 0.3 is 0 Å². The van der Waals surface area contributed by atoms with E-state index in [0.717, 1.165) is 5.56 Å². The highest BCUT2D eigenvalue weighted by molar-refractivity contribution is 7.92. The van der Waals surface area contributed by atoms with Gasteiger partial charge in [-0.05, 0) is 30.0 Å². The van der Waals surface area contributed by atoms with Crippen molar-refractivity contribution < 1.29 is 13.2 Å². The lowest BCUT2D eigenvalue weighted by Crippen LogP contribution is -2.21. The number of ketones is 1. The number of rotatable bonds is 6. The fourth-order valence-corrected chi connectivity index (χ4v) is 3.08. The second kappa shape index (κ2) is 6.33. The molecule has 0 spiro atoms. The van der Waals surface area contributed by atoms with Gasteiger partial charge in [0.15, 0.2) is 15.6 Å². The van der Waals surface area contributed by atoms with E-state index in [1.54, 1.807) is 19.1 Å². The van der Waals surface area contributed by atoms with Crippen molar-refractivity contribution in [3.63, 3.8) is 0 Å². The molecule has 19 heavy (non-hydrogen) atoms. The fraction of sp³-hybridized carbons (Fsp3) is 0.533. The third-order valence-corrected chi connectivity index (χ3v) is 5.06. The van der Waals surface area contributed by atoms with Gasteiger partial charge in [-0.3, -0.25) is 4.79 Å². The van der Waals surface area contributed by atoms with Crippen molar-refractivity contribution in [3.05, 3.63) is 29.8 Å². The molecule has 0 saturated carbocycles. The molecule has 0 saturated heterocycles. The first-order chi connectivity index (χ1) is 8.77.